The van der Waals surface area contributed by atoms with Gasteiger partial charge in [-0.1, -0.05) is 24.8 Å². The number of nitrogens with one attached hydrogen (secondary N) is 1. The van der Waals surface area contributed by atoms with Gasteiger partial charge < -0.3 is 19.9 Å². The second-order valence-corrected chi connectivity index (χ2v) is 5.82. The zero-order valence-electron chi connectivity index (χ0n) is 15.2. The fourth-order valence-electron chi connectivity index (χ4n) is 2.60. The van der Waals surface area contributed by atoms with Crippen LogP contribution in [0.2, 0.25) is 0 Å². The van der Waals surface area contributed by atoms with Gasteiger partial charge in [-0.3, -0.25) is 0 Å². The summed E-state index contributed by atoms with van der Waals surface area (Å²) in [7, 11) is 3.13. The summed E-state index contributed by atoms with van der Waals surface area (Å²) in [6, 6.07) is 13.0. The number of hydrogen-bond donors (Lipinski definition) is 2. The van der Waals surface area contributed by atoms with Crippen LogP contribution in [0.15, 0.2) is 60.8 Å². The lowest BCUT2D eigenvalue weighted by atomic mass is 9.99. The molecule has 0 aliphatic rings. The van der Waals surface area contributed by atoms with Crippen molar-refractivity contribution in [1.29, 1.82) is 0 Å². The SMILES string of the molecule is C=C(C)c1c(OC)cc(CC(=CNc2ccccc2)C(=O)O)cc1OC. The van der Waals surface area contributed by atoms with Gasteiger partial charge in [0.15, 0.2) is 0 Å². The first kappa shape index (κ1) is 19.1. The summed E-state index contributed by atoms with van der Waals surface area (Å²) in [6.45, 7) is 5.82. The van der Waals surface area contributed by atoms with Gasteiger partial charge in [0.25, 0.3) is 0 Å². The summed E-state index contributed by atoms with van der Waals surface area (Å²) in [5.41, 5.74) is 3.40. The molecule has 0 fully saturated rings. The summed E-state index contributed by atoms with van der Waals surface area (Å²) in [4.78, 5) is 11.6. The number of methoxy groups -OCH3 is 2. The van der Waals surface area contributed by atoms with Crippen molar-refractivity contribution < 1.29 is 19.4 Å². The monoisotopic (exact) mass is 353 g/mol. The van der Waals surface area contributed by atoms with E-state index in [-0.39, 0.29) is 12.0 Å². The topological polar surface area (TPSA) is 67.8 Å². The summed E-state index contributed by atoms with van der Waals surface area (Å²) < 4.78 is 10.9. The van der Waals surface area contributed by atoms with Gasteiger partial charge in [-0.25, -0.2) is 4.79 Å². The molecule has 0 unspecified atom stereocenters. The Labute approximate surface area is 153 Å². The second-order valence-electron chi connectivity index (χ2n) is 5.82. The van der Waals surface area contributed by atoms with Gasteiger partial charge in [0, 0.05) is 18.3 Å². The minimum absolute atomic E-state index is 0.221. The van der Waals surface area contributed by atoms with Crippen molar-refractivity contribution in [2.24, 2.45) is 0 Å². The van der Waals surface area contributed by atoms with E-state index in [0.29, 0.717) is 11.5 Å². The van der Waals surface area contributed by atoms with E-state index in [2.05, 4.69) is 11.9 Å². The Bertz CT molecular complexity index is 800. The average Bonchev–Trinajstić information content (AvgIpc) is 2.64. The molecule has 0 bridgehead atoms. The fraction of sp³-hybridized carbons (Fsp3) is 0.190. The lowest BCUT2D eigenvalue weighted by Crippen LogP contribution is -2.07. The molecule has 0 saturated carbocycles. The second kappa shape index (κ2) is 8.76. The molecule has 2 rings (SSSR count). The molecule has 136 valence electrons. The number of anilines is 1. The number of carboxylic acids is 1. The first-order valence-corrected chi connectivity index (χ1v) is 8.11. The van der Waals surface area contributed by atoms with Crippen LogP contribution in [-0.2, 0) is 11.2 Å². The Hall–Kier alpha value is -3.21. The van der Waals surface area contributed by atoms with Crippen molar-refractivity contribution in [1.82, 2.24) is 0 Å². The maximum absolute atomic E-state index is 11.6. The minimum Gasteiger partial charge on any atom is -0.496 e. The van der Waals surface area contributed by atoms with E-state index in [1.54, 1.807) is 14.2 Å². The van der Waals surface area contributed by atoms with E-state index < -0.39 is 5.97 Å². The van der Waals surface area contributed by atoms with Crippen LogP contribution in [0.3, 0.4) is 0 Å². The van der Waals surface area contributed by atoms with Crippen molar-refractivity contribution in [3.8, 4) is 11.5 Å². The minimum atomic E-state index is -0.990. The molecule has 2 aromatic carbocycles. The van der Waals surface area contributed by atoms with Crippen LogP contribution >= 0.6 is 0 Å². The molecule has 0 aromatic heterocycles. The summed E-state index contributed by atoms with van der Waals surface area (Å²) in [6.07, 6.45) is 1.72. The number of aliphatic carboxylic acids is 1. The Balaban J connectivity index is 2.34. The molecular formula is C21H23NO4. The fourth-order valence-corrected chi connectivity index (χ4v) is 2.60. The third-order valence-corrected chi connectivity index (χ3v) is 3.85. The Kier molecular flexibility index (Phi) is 6.44. The standard InChI is InChI=1S/C21H23NO4/c1-14(2)20-18(25-3)11-15(12-19(20)26-4)10-16(21(23)24)13-22-17-8-6-5-7-9-17/h5-9,11-13,22H,1,10H2,2-4H3,(H,23,24). The van der Waals surface area contributed by atoms with Gasteiger partial charge in [0.05, 0.1) is 25.4 Å². The van der Waals surface area contributed by atoms with E-state index >= 15 is 0 Å². The third-order valence-electron chi connectivity index (χ3n) is 3.85. The summed E-state index contributed by atoms with van der Waals surface area (Å²) >= 11 is 0. The van der Waals surface area contributed by atoms with Gasteiger partial charge >= 0.3 is 5.97 Å². The van der Waals surface area contributed by atoms with Crippen LogP contribution in [0.1, 0.15) is 18.1 Å². The first-order chi connectivity index (χ1) is 12.5. The molecular weight excluding hydrogens is 330 g/mol. The molecule has 0 amide bonds. The van der Waals surface area contributed by atoms with Gasteiger partial charge in [-0.05, 0) is 42.3 Å². The smallest absolute Gasteiger partial charge is 0.333 e. The summed E-state index contributed by atoms with van der Waals surface area (Å²) in [5.74, 6) is 0.218. The van der Waals surface area contributed by atoms with Crippen LogP contribution in [0.25, 0.3) is 5.57 Å². The van der Waals surface area contributed by atoms with E-state index in [0.717, 1.165) is 22.4 Å². The Morgan fingerprint density at radius 3 is 2.19 bits per heavy atom. The molecule has 2 aromatic rings. The highest BCUT2D eigenvalue weighted by Crippen LogP contribution is 2.36. The zero-order chi connectivity index (χ0) is 19.1. The lowest BCUT2D eigenvalue weighted by molar-refractivity contribution is -0.132. The van der Waals surface area contributed by atoms with Gasteiger partial charge in [-0.2, -0.15) is 0 Å². The van der Waals surface area contributed by atoms with Crippen LogP contribution in [0.4, 0.5) is 5.69 Å². The molecule has 26 heavy (non-hydrogen) atoms. The van der Waals surface area contributed by atoms with Gasteiger partial charge in [-0.15, -0.1) is 0 Å². The normalized spacial score (nSPS) is 11.0. The number of ether oxygens (including phenoxy) is 2. The number of carboxylic acid groups (broad SMARTS) is 1. The molecule has 0 aliphatic carbocycles. The van der Waals surface area contributed by atoms with Gasteiger partial charge in [0.1, 0.15) is 11.5 Å². The number of hydrogen-bond acceptors (Lipinski definition) is 4. The van der Waals surface area contributed by atoms with Crippen molar-refractivity contribution in [3.05, 3.63) is 71.9 Å². The molecule has 0 radical (unpaired) electrons. The van der Waals surface area contributed by atoms with E-state index in [4.69, 9.17) is 9.47 Å². The highest BCUT2D eigenvalue weighted by molar-refractivity contribution is 5.87. The predicted octanol–water partition coefficient (Wildman–Crippen LogP) is 4.36. The largest absolute Gasteiger partial charge is 0.496 e. The number of benzene rings is 2. The zero-order valence-corrected chi connectivity index (χ0v) is 15.2. The van der Waals surface area contributed by atoms with E-state index in [1.165, 1.54) is 6.20 Å². The Morgan fingerprint density at radius 2 is 1.73 bits per heavy atom. The number of rotatable bonds is 8. The number of carbonyl (C=O) groups is 1. The molecule has 5 nitrogen and oxygen atoms in total. The molecule has 2 N–H and O–H groups in total. The maximum atomic E-state index is 11.6. The molecule has 0 spiro atoms. The van der Waals surface area contributed by atoms with Crippen LogP contribution in [0, 0.1) is 0 Å². The van der Waals surface area contributed by atoms with Crippen molar-refractivity contribution >= 4 is 17.2 Å². The van der Waals surface area contributed by atoms with Crippen molar-refractivity contribution in [3.63, 3.8) is 0 Å². The third kappa shape index (κ3) is 4.66. The van der Waals surface area contributed by atoms with Crippen molar-refractivity contribution in [2.75, 3.05) is 19.5 Å². The van der Waals surface area contributed by atoms with E-state index in [9.17, 15) is 9.90 Å². The maximum Gasteiger partial charge on any atom is 0.333 e. The number of allylic oxidation sites excluding steroid dienone is 1. The molecule has 0 aliphatic heterocycles. The number of para-hydroxylation sites is 1. The molecule has 0 heterocycles. The molecule has 0 saturated heterocycles. The average molecular weight is 353 g/mol. The van der Waals surface area contributed by atoms with E-state index in [1.807, 2.05) is 49.4 Å². The van der Waals surface area contributed by atoms with Gasteiger partial charge in [0.2, 0.25) is 0 Å². The highest BCUT2D eigenvalue weighted by atomic mass is 16.5. The Morgan fingerprint density at radius 1 is 1.15 bits per heavy atom. The highest BCUT2D eigenvalue weighted by Gasteiger charge is 2.16. The van der Waals surface area contributed by atoms with Crippen molar-refractivity contribution in [2.45, 2.75) is 13.3 Å². The first-order valence-electron chi connectivity index (χ1n) is 8.11. The molecule has 0 atom stereocenters. The molecule has 5 heteroatoms. The quantitative estimate of drug-likeness (QED) is 0.690. The van der Waals surface area contributed by atoms with Crippen LogP contribution in [0.5, 0.6) is 11.5 Å². The summed E-state index contributed by atoms with van der Waals surface area (Å²) in [5, 5.41) is 12.5. The van der Waals surface area contributed by atoms with Crippen LogP contribution in [-0.4, -0.2) is 25.3 Å². The van der Waals surface area contributed by atoms with Crippen LogP contribution < -0.4 is 14.8 Å². The predicted molar refractivity (Wildman–Crippen MR) is 104 cm³/mol. The lowest BCUT2D eigenvalue weighted by Gasteiger charge is -2.15.